The first kappa shape index (κ1) is 13.4. The summed E-state index contributed by atoms with van der Waals surface area (Å²) in [5.74, 6) is 0.787. The van der Waals surface area contributed by atoms with Crippen molar-refractivity contribution in [1.82, 2.24) is 5.32 Å². The van der Waals surface area contributed by atoms with E-state index in [9.17, 15) is 0 Å². The van der Waals surface area contributed by atoms with Gasteiger partial charge in [-0.25, -0.2) is 0 Å². The van der Waals surface area contributed by atoms with Crippen molar-refractivity contribution in [3.8, 4) is 6.07 Å². The van der Waals surface area contributed by atoms with Crippen molar-refractivity contribution in [3.63, 3.8) is 0 Å². The molecule has 1 fully saturated rings. The summed E-state index contributed by atoms with van der Waals surface area (Å²) in [7, 11) is 0. The molecule has 0 aliphatic heterocycles. The Morgan fingerprint density at radius 1 is 1.25 bits per heavy atom. The molecule has 1 aromatic heterocycles. The zero-order valence-electron chi connectivity index (χ0n) is 11.5. The molecule has 0 amide bonds. The number of rotatable bonds is 5. The van der Waals surface area contributed by atoms with Gasteiger partial charge in [-0.3, -0.25) is 0 Å². The summed E-state index contributed by atoms with van der Waals surface area (Å²) < 4.78 is 0. The summed E-state index contributed by atoms with van der Waals surface area (Å²) in [4.78, 5) is 1.44. The highest BCUT2D eigenvalue weighted by Crippen LogP contribution is 2.43. The first-order valence-electron chi connectivity index (χ1n) is 7.07. The molecule has 3 heteroatoms. The molecule has 1 heterocycles. The van der Waals surface area contributed by atoms with Crippen LogP contribution in [-0.2, 0) is 0 Å². The third kappa shape index (κ3) is 2.92. The molecule has 0 radical (unpaired) electrons. The molecule has 1 aromatic carbocycles. The quantitative estimate of drug-likeness (QED) is 0.881. The van der Waals surface area contributed by atoms with E-state index in [1.807, 2.05) is 23.5 Å². The zero-order valence-corrected chi connectivity index (χ0v) is 12.4. The van der Waals surface area contributed by atoms with Gasteiger partial charge in [0.2, 0.25) is 0 Å². The monoisotopic (exact) mass is 282 g/mol. The van der Waals surface area contributed by atoms with E-state index in [1.165, 1.54) is 23.3 Å². The molecule has 2 unspecified atom stereocenters. The average molecular weight is 282 g/mol. The minimum atomic E-state index is 0.301. The maximum absolute atomic E-state index is 8.85. The van der Waals surface area contributed by atoms with Gasteiger partial charge in [0.15, 0.2) is 0 Å². The Morgan fingerprint density at radius 3 is 2.55 bits per heavy atom. The van der Waals surface area contributed by atoms with Crippen molar-refractivity contribution in [1.29, 1.82) is 5.26 Å². The zero-order chi connectivity index (χ0) is 13.9. The average Bonchev–Trinajstić information content (AvgIpc) is 3.19. The highest BCUT2D eigenvalue weighted by molar-refractivity contribution is 7.10. The van der Waals surface area contributed by atoms with Crippen LogP contribution in [0.4, 0.5) is 0 Å². The van der Waals surface area contributed by atoms with Crippen molar-refractivity contribution < 1.29 is 0 Å². The number of hydrogen-bond acceptors (Lipinski definition) is 3. The topological polar surface area (TPSA) is 35.8 Å². The minimum absolute atomic E-state index is 0.301. The summed E-state index contributed by atoms with van der Waals surface area (Å²) in [6.07, 6.45) is 2.66. The maximum atomic E-state index is 8.85. The van der Waals surface area contributed by atoms with E-state index >= 15 is 0 Å². The molecule has 102 valence electrons. The van der Waals surface area contributed by atoms with Crippen molar-refractivity contribution >= 4 is 11.3 Å². The molecule has 0 saturated heterocycles. The van der Waals surface area contributed by atoms with Crippen molar-refractivity contribution in [2.45, 2.75) is 31.8 Å². The number of benzene rings is 1. The lowest BCUT2D eigenvalue weighted by Crippen LogP contribution is -2.25. The SMILES string of the molecule is CC(NC(c1cccs1)C1CC1)c1ccc(C#N)cc1. The molecule has 0 spiro atoms. The fourth-order valence-electron chi connectivity index (χ4n) is 2.56. The predicted molar refractivity (Wildman–Crippen MR) is 82.5 cm³/mol. The predicted octanol–water partition coefficient (Wildman–Crippen LogP) is 4.42. The van der Waals surface area contributed by atoms with Gasteiger partial charge < -0.3 is 5.32 Å². The largest absolute Gasteiger partial charge is 0.302 e. The molecule has 2 atom stereocenters. The molecular formula is C17H18N2S. The third-order valence-electron chi connectivity index (χ3n) is 3.91. The second-order valence-electron chi connectivity index (χ2n) is 5.45. The fraction of sp³-hybridized carbons (Fsp3) is 0.353. The van der Waals surface area contributed by atoms with Crippen LogP contribution < -0.4 is 5.32 Å². The van der Waals surface area contributed by atoms with Crippen molar-refractivity contribution in [2.24, 2.45) is 5.92 Å². The van der Waals surface area contributed by atoms with Crippen LogP contribution in [0.25, 0.3) is 0 Å². The van der Waals surface area contributed by atoms with Gasteiger partial charge in [0.25, 0.3) is 0 Å². The summed E-state index contributed by atoms with van der Waals surface area (Å²) in [5.41, 5.74) is 1.96. The third-order valence-corrected chi connectivity index (χ3v) is 4.87. The lowest BCUT2D eigenvalue weighted by atomic mass is 10.0. The van der Waals surface area contributed by atoms with E-state index in [-0.39, 0.29) is 0 Å². The van der Waals surface area contributed by atoms with Crippen LogP contribution in [0, 0.1) is 17.2 Å². The molecule has 1 aliphatic carbocycles. The van der Waals surface area contributed by atoms with Crippen molar-refractivity contribution in [3.05, 3.63) is 57.8 Å². The smallest absolute Gasteiger partial charge is 0.0991 e. The van der Waals surface area contributed by atoms with E-state index < -0.39 is 0 Å². The summed E-state index contributed by atoms with van der Waals surface area (Å²) in [6, 6.07) is 15.2. The van der Waals surface area contributed by atoms with Crippen LogP contribution in [0.15, 0.2) is 41.8 Å². The van der Waals surface area contributed by atoms with Gasteiger partial charge in [-0.2, -0.15) is 5.26 Å². The van der Waals surface area contributed by atoms with Gasteiger partial charge in [0.1, 0.15) is 0 Å². The lowest BCUT2D eigenvalue weighted by molar-refractivity contribution is 0.433. The highest BCUT2D eigenvalue weighted by Gasteiger charge is 2.33. The van der Waals surface area contributed by atoms with Gasteiger partial charge in [-0.15, -0.1) is 11.3 Å². The van der Waals surface area contributed by atoms with Crippen LogP contribution in [0.3, 0.4) is 0 Å². The number of nitrogens with zero attached hydrogens (tertiary/aromatic N) is 1. The van der Waals surface area contributed by atoms with Crippen LogP contribution >= 0.6 is 11.3 Å². The van der Waals surface area contributed by atoms with Gasteiger partial charge in [-0.05, 0) is 54.8 Å². The van der Waals surface area contributed by atoms with E-state index in [0.717, 1.165) is 11.5 Å². The summed E-state index contributed by atoms with van der Waals surface area (Å²) in [5, 5.41) is 14.8. The van der Waals surface area contributed by atoms with E-state index in [0.29, 0.717) is 12.1 Å². The molecule has 3 rings (SSSR count). The molecule has 20 heavy (non-hydrogen) atoms. The molecule has 2 aromatic rings. The first-order chi connectivity index (χ1) is 9.78. The molecule has 0 bridgehead atoms. The van der Waals surface area contributed by atoms with Crippen LogP contribution in [0.1, 0.15) is 47.9 Å². The molecule has 1 saturated carbocycles. The summed E-state index contributed by atoms with van der Waals surface area (Å²) >= 11 is 1.84. The van der Waals surface area contributed by atoms with Gasteiger partial charge >= 0.3 is 0 Å². The molecular weight excluding hydrogens is 264 g/mol. The Kier molecular flexibility index (Phi) is 3.86. The first-order valence-corrected chi connectivity index (χ1v) is 7.95. The Labute approximate surface area is 124 Å². The van der Waals surface area contributed by atoms with Crippen LogP contribution in [-0.4, -0.2) is 0 Å². The van der Waals surface area contributed by atoms with E-state index in [1.54, 1.807) is 0 Å². The minimum Gasteiger partial charge on any atom is -0.302 e. The Balaban J connectivity index is 1.73. The van der Waals surface area contributed by atoms with Crippen LogP contribution in [0.2, 0.25) is 0 Å². The van der Waals surface area contributed by atoms with E-state index in [2.05, 4.69) is 48.0 Å². The number of hydrogen-bond donors (Lipinski definition) is 1. The summed E-state index contributed by atoms with van der Waals surface area (Å²) in [6.45, 7) is 2.20. The number of thiophene rings is 1. The van der Waals surface area contributed by atoms with E-state index in [4.69, 9.17) is 5.26 Å². The molecule has 1 N–H and O–H groups in total. The fourth-order valence-corrected chi connectivity index (χ4v) is 3.44. The second-order valence-corrected chi connectivity index (χ2v) is 6.43. The van der Waals surface area contributed by atoms with Gasteiger partial charge in [-0.1, -0.05) is 18.2 Å². The Hall–Kier alpha value is -1.63. The molecule has 1 aliphatic rings. The Morgan fingerprint density at radius 2 is 2.00 bits per heavy atom. The number of nitriles is 1. The van der Waals surface area contributed by atoms with Crippen molar-refractivity contribution in [2.75, 3.05) is 0 Å². The second kappa shape index (κ2) is 5.78. The van der Waals surface area contributed by atoms with Gasteiger partial charge in [0, 0.05) is 17.0 Å². The Bertz CT molecular complexity index is 591. The molecule has 2 nitrogen and oxygen atoms in total. The van der Waals surface area contributed by atoms with Crippen LogP contribution in [0.5, 0.6) is 0 Å². The van der Waals surface area contributed by atoms with Gasteiger partial charge in [0.05, 0.1) is 11.6 Å². The highest BCUT2D eigenvalue weighted by atomic mass is 32.1. The number of nitrogens with one attached hydrogen (secondary N) is 1. The standard InChI is InChI=1S/C17H18N2S/c1-12(14-6-4-13(11-18)5-7-14)19-17(15-8-9-15)16-3-2-10-20-16/h2-7,10,12,15,17,19H,8-9H2,1H3. The normalized spacial score (nSPS) is 17.4. The lowest BCUT2D eigenvalue weighted by Gasteiger charge is -2.23. The maximum Gasteiger partial charge on any atom is 0.0991 e.